The van der Waals surface area contributed by atoms with Gasteiger partial charge in [0.1, 0.15) is 18.2 Å². The molecule has 0 spiro atoms. The van der Waals surface area contributed by atoms with E-state index in [4.69, 9.17) is 9.57 Å². The smallest absolute Gasteiger partial charge is 0.253 e. The number of nitrogens with one attached hydrogen (secondary N) is 2. The van der Waals surface area contributed by atoms with Crippen LogP contribution in [0.5, 0.6) is 5.75 Å². The molecule has 0 aromatic heterocycles. The summed E-state index contributed by atoms with van der Waals surface area (Å²) < 4.78 is 5.73. The third-order valence-electron chi connectivity index (χ3n) is 4.15. The van der Waals surface area contributed by atoms with Crippen molar-refractivity contribution in [3.63, 3.8) is 0 Å². The van der Waals surface area contributed by atoms with Gasteiger partial charge in [-0.3, -0.25) is 20.1 Å². The zero-order valence-electron chi connectivity index (χ0n) is 15.3. The predicted molar refractivity (Wildman–Crippen MR) is 106 cm³/mol. The lowest BCUT2D eigenvalue weighted by atomic mass is 10.2. The van der Waals surface area contributed by atoms with Crippen LogP contribution in [0.15, 0.2) is 59.6 Å². The molecule has 0 radical (unpaired) electrons. The van der Waals surface area contributed by atoms with E-state index in [0.717, 1.165) is 43.0 Å². The third kappa shape index (κ3) is 6.75. The number of anilines is 1. The summed E-state index contributed by atoms with van der Waals surface area (Å²) in [5.74, 6) is 1.34. The summed E-state index contributed by atoms with van der Waals surface area (Å²) in [7, 11) is 0. The molecule has 0 unspecified atom stereocenters. The average Bonchev–Trinajstić information content (AvgIpc) is 2.97. The molecule has 1 amide bonds. The second-order valence-electron chi connectivity index (χ2n) is 6.38. The van der Waals surface area contributed by atoms with Gasteiger partial charge < -0.3 is 10.1 Å². The first-order valence-corrected chi connectivity index (χ1v) is 9.27. The van der Waals surface area contributed by atoms with Gasteiger partial charge >= 0.3 is 0 Å². The van der Waals surface area contributed by atoms with Gasteiger partial charge in [-0.05, 0) is 42.7 Å². The Hall–Kier alpha value is -2.86. The van der Waals surface area contributed by atoms with Crippen LogP contribution >= 0.6 is 0 Å². The van der Waals surface area contributed by atoms with E-state index in [2.05, 4.69) is 15.8 Å². The first-order valence-electron chi connectivity index (χ1n) is 9.27. The zero-order chi connectivity index (χ0) is 18.7. The fourth-order valence-electron chi connectivity index (χ4n) is 2.71. The van der Waals surface area contributed by atoms with Crippen molar-refractivity contribution >= 4 is 17.4 Å². The Morgan fingerprint density at radius 3 is 2.63 bits per heavy atom. The normalized spacial score (nSPS) is 14.0. The molecule has 6 heteroatoms. The fraction of sp³-hybridized carbons (Fsp3) is 0.333. The first kappa shape index (κ1) is 18.9. The van der Waals surface area contributed by atoms with Gasteiger partial charge in [-0.2, -0.15) is 0 Å². The van der Waals surface area contributed by atoms with E-state index in [9.17, 15) is 4.79 Å². The van der Waals surface area contributed by atoms with E-state index >= 15 is 0 Å². The van der Waals surface area contributed by atoms with Crippen molar-refractivity contribution in [2.45, 2.75) is 32.3 Å². The number of amidine groups is 1. The highest BCUT2D eigenvalue weighted by Gasteiger charge is 2.07. The van der Waals surface area contributed by atoms with E-state index in [1.54, 1.807) is 12.1 Å². The molecule has 0 fully saturated rings. The molecular formula is C21H25N3O3. The van der Waals surface area contributed by atoms with Crippen LogP contribution < -0.4 is 15.5 Å². The van der Waals surface area contributed by atoms with Gasteiger partial charge in [0.2, 0.25) is 0 Å². The van der Waals surface area contributed by atoms with Gasteiger partial charge in [0, 0.05) is 18.7 Å². The van der Waals surface area contributed by atoms with E-state index in [1.165, 1.54) is 6.42 Å². The fourth-order valence-corrected chi connectivity index (χ4v) is 2.71. The molecule has 1 heterocycles. The molecule has 0 aliphatic carbocycles. The zero-order valence-corrected chi connectivity index (χ0v) is 15.3. The van der Waals surface area contributed by atoms with Crippen LogP contribution in [0.4, 0.5) is 5.69 Å². The SMILES string of the molecule is O=C(CONC1=NCCCCC1)Nc1ccc(OCc2ccccc2)cc1. The molecule has 0 saturated heterocycles. The molecule has 0 atom stereocenters. The molecule has 27 heavy (non-hydrogen) atoms. The summed E-state index contributed by atoms with van der Waals surface area (Å²) >= 11 is 0. The van der Waals surface area contributed by atoms with Gasteiger partial charge in [0.15, 0.2) is 6.61 Å². The highest BCUT2D eigenvalue weighted by Crippen LogP contribution is 2.17. The van der Waals surface area contributed by atoms with Crippen molar-refractivity contribution in [1.82, 2.24) is 5.48 Å². The maximum atomic E-state index is 12.0. The van der Waals surface area contributed by atoms with Crippen LogP contribution in [0.2, 0.25) is 0 Å². The monoisotopic (exact) mass is 367 g/mol. The van der Waals surface area contributed by atoms with Gasteiger partial charge in [-0.15, -0.1) is 0 Å². The molecular weight excluding hydrogens is 342 g/mol. The molecule has 2 aromatic carbocycles. The van der Waals surface area contributed by atoms with Crippen molar-refractivity contribution in [3.8, 4) is 5.75 Å². The average molecular weight is 367 g/mol. The molecule has 0 bridgehead atoms. The minimum atomic E-state index is -0.227. The Morgan fingerprint density at radius 2 is 1.81 bits per heavy atom. The molecule has 2 aromatic rings. The molecule has 2 N–H and O–H groups in total. The maximum absolute atomic E-state index is 12.0. The number of nitrogens with zero attached hydrogens (tertiary/aromatic N) is 1. The van der Waals surface area contributed by atoms with Gasteiger partial charge in [0.25, 0.3) is 5.91 Å². The second kappa shape index (κ2) is 10.3. The predicted octanol–water partition coefficient (Wildman–Crippen LogP) is 3.70. The van der Waals surface area contributed by atoms with E-state index in [-0.39, 0.29) is 12.5 Å². The first-order chi connectivity index (χ1) is 13.3. The summed E-state index contributed by atoms with van der Waals surface area (Å²) in [6, 6.07) is 17.3. The number of rotatable bonds is 7. The van der Waals surface area contributed by atoms with Crippen molar-refractivity contribution in [2.24, 2.45) is 4.99 Å². The number of hydrogen-bond acceptors (Lipinski definition) is 5. The molecule has 142 valence electrons. The number of amides is 1. The largest absolute Gasteiger partial charge is 0.489 e. The van der Waals surface area contributed by atoms with Crippen LogP contribution in [0.3, 0.4) is 0 Å². The highest BCUT2D eigenvalue weighted by molar-refractivity contribution is 5.91. The highest BCUT2D eigenvalue weighted by atomic mass is 16.6. The van der Waals surface area contributed by atoms with Crippen LogP contribution in [0.1, 0.15) is 31.2 Å². The van der Waals surface area contributed by atoms with E-state index in [0.29, 0.717) is 12.3 Å². The number of hydrogen-bond donors (Lipinski definition) is 2. The van der Waals surface area contributed by atoms with Crippen LogP contribution in [0.25, 0.3) is 0 Å². The number of hydroxylamine groups is 1. The second-order valence-corrected chi connectivity index (χ2v) is 6.38. The maximum Gasteiger partial charge on any atom is 0.253 e. The van der Waals surface area contributed by atoms with Gasteiger partial charge in [0.05, 0.1) is 0 Å². The molecule has 3 rings (SSSR count). The Balaban J connectivity index is 1.38. The Bertz CT molecular complexity index is 745. The van der Waals surface area contributed by atoms with Crippen LogP contribution in [-0.2, 0) is 16.2 Å². The van der Waals surface area contributed by atoms with Gasteiger partial charge in [-0.25, -0.2) is 0 Å². The van der Waals surface area contributed by atoms with Crippen molar-refractivity contribution in [2.75, 3.05) is 18.5 Å². The summed E-state index contributed by atoms with van der Waals surface area (Å²) in [5.41, 5.74) is 4.59. The van der Waals surface area contributed by atoms with Crippen molar-refractivity contribution in [3.05, 3.63) is 60.2 Å². The lowest BCUT2D eigenvalue weighted by Crippen LogP contribution is -2.29. The number of aliphatic imine (C=N–C) groups is 1. The lowest BCUT2D eigenvalue weighted by molar-refractivity contribution is -0.122. The van der Waals surface area contributed by atoms with Crippen LogP contribution in [-0.4, -0.2) is 24.9 Å². The van der Waals surface area contributed by atoms with Gasteiger partial charge in [-0.1, -0.05) is 36.8 Å². The standard InChI is InChI=1S/C21H25N3O3/c25-21(16-27-24-20-9-5-2-6-14-22-20)23-18-10-12-19(13-11-18)26-15-17-7-3-1-4-8-17/h1,3-4,7-8,10-13H,2,5-6,9,14-16H2,(H,22,24)(H,23,25). The van der Waals surface area contributed by atoms with E-state index in [1.807, 2.05) is 42.5 Å². The number of carbonyl (C=O) groups is 1. The minimum Gasteiger partial charge on any atom is -0.489 e. The van der Waals surface area contributed by atoms with E-state index < -0.39 is 0 Å². The van der Waals surface area contributed by atoms with Crippen LogP contribution in [0, 0.1) is 0 Å². The summed E-state index contributed by atoms with van der Waals surface area (Å²) in [6.07, 6.45) is 4.25. The summed E-state index contributed by atoms with van der Waals surface area (Å²) in [6.45, 7) is 1.25. The summed E-state index contributed by atoms with van der Waals surface area (Å²) in [5, 5.41) is 2.79. The third-order valence-corrected chi connectivity index (χ3v) is 4.15. The molecule has 1 aliphatic rings. The Kier molecular flexibility index (Phi) is 7.24. The number of carbonyl (C=O) groups excluding carboxylic acids is 1. The Morgan fingerprint density at radius 1 is 1.00 bits per heavy atom. The summed E-state index contributed by atoms with van der Waals surface area (Å²) in [4.78, 5) is 21.6. The molecule has 0 saturated carbocycles. The Labute approximate surface area is 159 Å². The van der Waals surface area contributed by atoms with Crippen molar-refractivity contribution < 1.29 is 14.4 Å². The quantitative estimate of drug-likeness (QED) is 0.732. The molecule has 1 aliphatic heterocycles. The molecule has 6 nitrogen and oxygen atoms in total. The number of benzene rings is 2. The topological polar surface area (TPSA) is 72.0 Å². The van der Waals surface area contributed by atoms with Crippen molar-refractivity contribution in [1.29, 1.82) is 0 Å². The lowest BCUT2D eigenvalue weighted by Gasteiger charge is -2.10. The minimum absolute atomic E-state index is 0.0781. The number of ether oxygens (including phenoxy) is 1.